The Bertz CT molecular complexity index is 1140. The molecule has 35 heavy (non-hydrogen) atoms. The summed E-state index contributed by atoms with van der Waals surface area (Å²) in [5.41, 5.74) is 4.06. The van der Waals surface area contributed by atoms with Crippen molar-refractivity contribution < 1.29 is 14.7 Å². The molecule has 0 radical (unpaired) electrons. The number of amides is 1. The van der Waals surface area contributed by atoms with Gasteiger partial charge in [0, 0.05) is 63.6 Å². The largest absolute Gasteiger partial charge is 0.480 e. The van der Waals surface area contributed by atoms with E-state index in [0.717, 1.165) is 30.0 Å². The number of carbonyl (C=O) groups is 2. The minimum Gasteiger partial charge on any atom is -0.480 e. The first-order chi connectivity index (χ1) is 16.9. The number of hydrogen-bond donors (Lipinski definition) is 2. The molecular formula is C27H33N5O3. The van der Waals surface area contributed by atoms with Gasteiger partial charge >= 0.3 is 5.97 Å². The van der Waals surface area contributed by atoms with Gasteiger partial charge in [0.2, 0.25) is 5.91 Å². The molecule has 3 aromatic rings. The summed E-state index contributed by atoms with van der Waals surface area (Å²) < 4.78 is 1.92. The van der Waals surface area contributed by atoms with Crippen molar-refractivity contribution in [3.8, 4) is 0 Å². The molecular weight excluding hydrogens is 442 g/mol. The lowest BCUT2D eigenvalue weighted by Gasteiger charge is -2.34. The van der Waals surface area contributed by atoms with Crippen molar-refractivity contribution in [1.29, 1.82) is 0 Å². The first kappa shape index (κ1) is 24.3. The van der Waals surface area contributed by atoms with Crippen LogP contribution in [0.3, 0.4) is 0 Å². The summed E-state index contributed by atoms with van der Waals surface area (Å²) in [7, 11) is 4.03. The van der Waals surface area contributed by atoms with E-state index in [2.05, 4.69) is 38.3 Å². The highest BCUT2D eigenvalue weighted by Crippen LogP contribution is 2.26. The number of imidazole rings is 1. The first-order valence-electron chi connectivity index (χ1n) is 12.0. The van der Waals surface area contributed by atoms with Gasteiger partial charge in [-0.2, -0.15) is 0 Å². The smallest absolute Gasteiger partial charge is 0.326 e. The molecule has 8 nitrogen and oxygen atoms in total. The Morgan fingerprint density at radius 2 is 1.86 bits per heavy atom. The molecule has 1 atom stereocenters. The van der Waals surface area contributed by atoms with Gasteiger partial charge in [0.15, 0.2) is 0 Å². The van der Waals surface area contributed by atoms with Gasteiger partial charge in [0.1, 0.15) is 6.04 Å². The van der Waals surface area contributed by atoms with Crippen LogP contribution in [0, 0.1) is 5.92 Å². The number of hydrogen-bond acceptors (Lipinski definition) is 5. The van der Waals surface area contributed by atoms with E-state index in [1.807, 2.05) is 61.3 Å². The van der Waals surface area contributed by atoms with Crippen LogP contribution in [0.15, 0.2) is 67.1 Å². The Labute approximate surface area is 206 Å². The highest BCUT2D eigenvalue weighted by Gasteiger charge is 2.29. The maximum absolute atomic E-state index is 12.9. The molecule has 2 heterocycles. The zero-order valence-electron chi connectivity index (χ0n) is 20.3. The number of anilines is 2. The molecule has 1 unspecified atom stereocenters. The van der Waals surface area contributed by atoms with Gasteiger partial charge in [-0.15, -0.1) is 0 Å². The van der Waals surface area contributed by atoms with Crippen molar-refractivity contribution in [3.63, 3.8) is 0 Å². The Kier molecular flexibility index (Phi) is 7.70. The second kappa shape index (κ2) is 11.1. The highest BCUT2D eigenvalue weighted by atomic mass is 16.4. The average molecular weight is 476 g/mol. The number of nitrogens with zero attached hydrogens (tertiary/aromatic N) is 4. The standard InChI is InChI=1S/C27H33N5O3/c1-30(2)23-9-6-10-24(16-23)32-13-11-21(12-14-32)26(33)29-25(27(34)35)15-22-18-31(19-28-22)17-20-7-4-3-5-8-20/h3-10,16,18-19,21,25H,11-15,17H2,1-2H3,(H,29,33)(H,34,35). The van der Waals surface area contributed by atoms with Crippen LogP contribution in [-0.4, -0.2) is 59.8 Å². The maximum Gasteiger partial charge on any atom is 0.326 e. The highest BCUT2D eigenvalue weighted by molar-refractivity contribution is 5.85. The van der Waals surface area contributed by atoms with Gasteiger partial charge in [-0.05, 0) is 36.6 Å². The van der Waals surface area contributed by atoms with Crippen molar-refractivity contribution in [2.75, 3.05) is 37.0 Å². The Hall–Kier alpha value is -3.81. The Morgan fingerprint density at radius 3 is 2.54 bits per heavy atom. The van der Waals surface area contributed by atoms with Crippen molar-refractivity contribution >= 4 is 23.3 Å². The molecule has 1 fully saturated rings. The monoisotopic (exact) mass is 475 g/mol. The van der Waals surface area contributed by atoms with Crippen LogP contribution >= 0.6 is 0 Å². The average Bonchev–Trinajstić information content (AvgIpc) is 3.31. The number of aromatic nitrogens is 2. The van der Waals surface area contributed by atoms with Crippen molar-refractivity contribution in [1.82, 2.24) is 14.9 Å². The molecule has 1 aliphatic heterocycles. The number of aliphatic carboxylic acids is 1. The van der Waals surface area contributed by atoms with Crippen LogP contribution in [0.1, 0.15) is 24.1 Å². The predicted octanol–water partition coefficient (Wildman–Crippen LogP) is 3.03. The topological polar surface area (TPSA) is 90.7 Å². The number of benzene rings is 2. The fourth-order valence-electron chi connectivity index (χ4n) is 4.46. The summed E-state index contributed by atoms with van der Waals surface area (Å²) in [6.07, 6.45) is 5.07. The molecule has 4 rings (SSSR count). The minimum absolute atomic E-state index is 0.152. The summed E-state index contributed by atoms with van der Waals surface area (Å²) in [5, 5.41) is 12.5. The lowest BCUT2D eigenvalue weighted by Crippen LogP contribution is -2.47. The Morgan fingerprint density at radius 1 is 1.11 bits per heavy atom. The third-order valence-electron chi connectivity index (χ3n) is 6.50. The number of carbonyl (C=O) groups excluding carboxylic acids is 1. The van der Waals surface area contributed by atoms with Gasteiger partial charge in [0.05, 0.1) is 12.0 Å². The van der Waals surface area contributed by atoms with Crippen LogP contribution in [0.4, 0.5) is 11.4 Å². The van der Waals surface area contributed by atoms with E-state index in [1.165, 1.54) is 0 Å². The van der Waals surface area contributed by atoms with Crippen LogP contribution in [0.25, 0.3) is 0 Å². The summed E-state index contributed by atoms with van der Waals surface area (Å²) >= 11 is 0. The van der Waals surface area contributed by atoms with E-state index in [0.29, 0.717) is 25.1 Å². The summed E-state index contributed by atoms with van der Waals surface area (Å²) in [5.74, 6) is -1.43. The molecule has 1 aromatic heterocycles. The molecule has 0 saturated carbocycles. The van der Waals surface area contributed by atoms with Crippen LogP contribution < -0.4 is 15.1 Å². The summed E-state index contributed by atoms with van der Waals surface area (Å²) in [4.78, 5) is 33.5. The minimum atomic E-state index is -1.05. The maximum atomic E-state index is 12.9. The molecule has 1 aliphatic rings. The third kappa shape index (κ3) is 6.41. The van der Waals surface area contributed by atoms with Crippen LogP contribution in [-0.2, 0) is 22.6 Å². The van der Waals surface area contributed by atoms with Gasteiger partial charge in [0.25, 0.3) is 0 Å². The zero-order chi connectivity index (χ0) is 24.8. The van der Waals surface area contributed by atoms with E-state index in [1.54, 1.807) is 6.33 Å². The van der Waals surface area contributed by atoms with E-state index >= 15 is 0 Å². The van der Waals surface area contributed by atoms with Gasteiger partial charge in [-0.1, -0.05) is 36.4 Å². The molecule has 184 valence electrons. The summed E-state index contributed by atoms with van der Waals surface area (Å²) in [6, 6.07) is 17.3. The van der Waals surface area contributed by atoms with Crippen LogP contribution in [0.5, 0.6) is 0 Å². The molecule has 0 spiro atoms. The number of carboxylic acid groups (broad SMARTS) is 1. The normalized spacial score (nSPS) is 15.0. The van der Waals surface area contributed by atoms with E-state index < -0.39 is 12.0 Å². The predicted molar refractivity (Wildman–Crippen MR) is 137 cm³/mol. The van der Waals surface area contributed by atoms with Crippen molar-refractivity contribution in [3.05, 3.63) is 78.4 Å². The fourth-order valence-corrected chi connectivity index (χ4v) is 4.46. The molecule has 2 N–H and O–H groups in total. The first-order valence-corrected chi connectivity index (χ1v) is 12.0. The number of rotatable bonds is 9. The quantitative estimate of drug-likeness (QED) is 0.495. The second-order valence-corrected chi connectivity index (χ2v) is 9.30. The lowest BCUT2D eigenvalue weighted by atomic mass is 9.95. The van der Waals surface area contributed by atoms with Crippen molar-refractivity contribution in [2.24, 2.45) is 5.92 Å². The Balaban J connectivity index is 1.31. The van der Waals surface area contributed by atoms with Crippen molar-refractivity contribution in [2.45, 2.75) is 31.8 Å². The molecule has 0 bridgehead atoms. The van der Waals surface area contributed by atoms with Gasteiger partial charge in [-0.3, -0.25) is 4.79 Å². The van der Waals surface area contributed by atoms with Crippen LogP contribution in [0.2, 0.25) is 0 Å². The number of nitrogens with one attached hydrogen (secondary N) is 1. The van der Waals surface area contributed by atoms with Gasteiger partial charge < -0.3 is 24.8 Å². The second-order valence-electron chi connectivity index (χ2n) is 9.30. The third-order valence-corrected chi connectivity index (χ3v) is 6.50. The van der Waals surface area contributed by atoms with E-state index in [-0.39, 0.29) is 18.2 Å². The molecule has 8 heteroatoms. The lowest BCUT2D eigenvalue weighted by molar-refractivity contribution is -0.142. The zero-order valence-corrected chi connectivity index (χ0v) is 20.3. The summed E-state index contributed by atoms with van der Waals surface area (Å²) in [6.45, 7) is 2.18. The molecule has 1 saturated heterocycles. The number of carboxylic acids is 1. The molecule has 2 aromatic carbocycles. The molecule has 0 aliphatic carbocycles. The van der Waals surface area contributed by atoms with Gasteiger partial charge in [-0.25, -0.2) is 9.78 Å². The van der Waals surface area contributed by atoms with E-state index in [4.69, 9.17) is 0 Å². The number of piperidine rings is 1. The SMILES string of the molecule is CN(C)c1cccc(N2CCC(C(=O)NC(Cc3cn(Cc4ccccc4)cn3)C(=O)O)CC2)c1. The molecule has 1 amide bonds. The van der Waals surface area contributed by atoms with E-state index in [9.17, 15) is 14.7 Å². The fraction of sp³-hybridized carbons (Fsp3) is 0.370.